The minimum atomic E-state index is -3.44. The second kappa shape index (κ2) is 3.88. The van der Waals surface area contributed by atoms with Crippen molar-refractivity contribution in [3.05, 3.63) is 23.8 Å². The van der Waals surface area contributed by atoms with Crippen LogP contribution < -0.4 is 10.0 Å². The monoisotopic (exact) mass is 240 g/mol. The summed E-state index contributed by atoms with van der Waals surface area (Å²) in [5.41, 5.74) is 1.42. The van der Waals surface area contributed by atoms with E-state index in [0.717, 1.165) is 5.56 Å². The number of nitrogens with one attached hydrogen (secondary N) is 2. The number of carbonyl (C=O) groups is 1. The first-order valence-corrected chi connectivity index (χ1v) is 6.43. The molecule has 0 fully saturated rings. The Morgan fingerprint density at radius 2 is 2.19 bits per heavy atom. The van der Waals surface area contributed by atoms with Crippen LogP contribution in [0.15, 0.2) is 23.1 Å². The van der Waals surface area contributed by atoms with Crippen LogP contribution >= 0.6 is 0 Å². The molecule has 0 saturated heterocycles. The Hall–Kier alpha value is -1.40. The lowest BCUT2D eigenvalue weighted by Gasteiger charge is -2.05. The molecule has 0 saturated carbocycles. The molecule has 6 heteroatoms. The number of benzene rings is 1. The second-order valence-electron chi connectivity index (χ2n) is 3.55. The first-order valence-electron chi connectivity index (χ1n) is 4.95. The quantitative estimate of drug-likeness (QED) is 0.807. The molecule has 16 heavy (non-hydrogen) atoms. The molecular weight excluding hydrogens is 228 g/mol. The molecule has 1 aliphatic heterocycles. The van der Waals surface area contributed by atoms with Crippen molar-refractivity contribution < 1.29 is 13.2 Å². The maximum atomic E-state index is 11.7. The van der Waals surface area contributed by atoms with Crippen LogP contribution in [0.3, 0.4) is 0 Å². The van der Waals surface area contributed by atoms with Gasteiger partial charge in [-0.3, -0.25) is 4.79 Å². The van der Waals surface area contributed by atoms with Crippen LogP contribution in [-0.4, -0.2) is 20.9 Å². The number of rotatable bonds is 3. The molecule has 1 aliphatic rings. The molecule has 5 nitrogen and oxygen atoms in total. The van der Waals surface area contributed by atoms with Crippen LogP contribution in [0.1, 0.15) is 12.5 Å². The third-order valence-corrected chi connectivity index (χ3v) is 3.89. The van der Waals surface area contributed by atoms with Crippen LogP contribution in [0, 0.1) is 0 Å². The number of anilines is 1. The highest BCUT2D eigenvalue weighted by atomic mass is 32.2. The van der Waals surface area contributed by atoms with Gasteiger partial charge in [0.15, 0.2) is 0 Å². The Morgan fingerprint density at radius 1 is 1.44 bits per heavy atom. The summed E-state index contributed by atoms with van der Waals surface area (Å²) >= 11 is 0. The van der Waals surface area contributed by atoms with Crippen molar-refractivity contribution in [1.82, 2.24) is 4.72 Å². The molecule has 0 radical (unpaired) electrons. The van der Waals surface area contributed by atoms with Gasteiger partial charge in [0.2, 0.25) is 15.9 Å². The summed E-state index contributed by atoms with van der Waals surface area (Å²) in [6, 6.07) is 4.64. The first-order chi connectivity index (χ1) is 7.53. The SMILES string of the molecule is CCNS(=O)(=O)c1ccc2c(c1)CC(=O)N2. The highest BCUT2D eigenvalue weighted by molar-refractivity contribution is 7.89. The van der Waals surface area contributed by atoms with E-state index in [4.69, 9.17) is 0 Å². The smallest absolute Gasteiger partial charge is 0.240 e. The highest BCUT2D eigenvalue weighted by Crippen LogP contribution is 2.25. The Bertz CT molecular complexity index is 537. The van der Waals surface area contributed by atoms with Gasteiger partial charge >= 0.3 is 0 Å². The van der Waals surface area contributed by atoms with Gasteiger partial charge in [0.05, 0.1) is 11.3 Å². The summed E-state index contributed by atoms with van der Waals surface area (Å²) in [5, 5.41) is 2.65. The van der Waals surface area contributed by atoms with E-state index in [2.05, 4.69) is 10.0 Å². The summed E-state index contributed by atoms with van der Waals surface area (Å²) in [6.45, 7) is 2.06. The minimum Gasteiger partial charge on any atom is -0.326 e. The molecule has 0 unspecified atom stereocenters. The lowest BCUT2D eigenvalue weighted by molar-refractivity contribution is -0.115. The molecule has 86 valence electrons. The van der Waals surface area contributed by atoms with E-state index in [1.807, 2.05) is 0 Å². The number of hydrogen-bond donors (Lipinski definition) is 2. The van der Waals surface area contributed by atoms with Gasteiger partial charge in [-0.1, -0.05) is 6.92 Å². The van der Waals surface area contributed by atoms with Gasteiger partial charge in [-0.15, -0.1) is 0 Å². The Morgan fingerprint density at radius 3 is 2.88 bits per heavy atom. The predicted molar refractivity (Wildman–Crippen MR) is 59.6 cm³/mol. The van der Waals surface area contributed by atoms with E-state index in [1.54, 1.807) is 13.0 Å². The molecule has 2 N–H and O–H groups in total. The summed E-state index contributed by atoms with van der Waals surface area (Å²) < 4.78 is 25.8. The molecule has 1 heterocycles. The number of hydrogen-bond acceptors (Lipinski definition) is 3. The summed E-state index contributed by atoms with van der Waals surface area (Å²) in [5.74, 6) is -0.104. The zero-order valence-corrected chi connectivity index (χ0v) is 9.60. The lowest BCUT2D eigenvalue weighted by Crippen LogP contribution is -2.23. The van der Waals surface area contributed by atoms with Gasteiger partial charge in [-0.25, -0.2) is 13.1 Å². The maximum Gasteiger partial charge on any atom is 0.240 e. The lowest BCUT2D eigenvalue weighted by atomic mass is 10.2. The molecular formula is C10H12N2O3S. The molecule has 2 rings (SSSR count). The molecule has 1 aromatic rings. The van der Waals surface area contributed by atoms with Crippen molar-refractivity contribution in [2.24, 2.45) is 0 Å². The Labute approximate surface area is 93.9 Å². The third kappa shape index (κ3) is 1.94. The molecule has 1 aromatic carbocycles. The number of sulfonamides is 1. The maximum absolute atomic E-state index is 11.7. The summed E-state index contributed by atoms with van der Waals surface area (Å²) in [4.78, 5) is 11.3. The zero-order chi connectivity index (χ0) is 11.8. The summed E-state index contributed by atoms with van der Waals surface area (Å²) in [6.07, 6.45) is 0.241. The Balaban J connectivity index is 2.40. The van der Waals surface area contributed by atoms with Crippen LogP contribution in [0.25, 0.3) is 0 Å². The molecule has 0 spiro atoms. The van der Waals surface area contributed by atoms with E-state index in [-0.39, 0.29) is 17.2 Å². The van der Waals surface area contributed by atoms with Crippen LogP contribution in [0.5, 0.6) is 0 Å². The predicted octanol–water partition coefficient (Wildman–Crippen LogP) is 0.479. The molecule has 0 aliphatic carbocycles. The van der Waals surface area contributed by atoms with E-state index in [0.29, 0.717) is 12.2 Å². The standard InChI is InChI=1S/C10H12N2O3S/c1-2-11-16(14,15)8-3-4-9-7(5-8)6-10(13)12-9/h3-5,11H,2,6H2,1H3,(H,12,13). The fourth-order valence-electron chi connectivity index (χ4n) is 1.65. The van der Waals surface area contributed by atoms with E-state index in [9.17, 15) is 13.2 Å². The molecule has 0 bridgehead atoms. The van der Waals surface area contributed by atoms with Gasteiger partial charge in [0.1, 0.15) is 0 Å². The van der Waals surface area contributed by atoms with Gasteiger partial charge in [-0.2, -0.15) is 0 Å². The average molecular weight is 240 g/mol. The second-order valence-corrected chi connectivity index (χ2v) is 5.31. The summed E-state index contributed by atoms with van der Waals surface area (Å²) in [7, 11) is -3.44. The topological polar surface area (TPSA) is 75.3 Å². The molecule has 0 atom stereocenters. The van der Waals surface area contributed by atoms with Crippen molar-refractivity contribution in [3.63, 3.8) is 0 Å². The fourth-order valence-corrected chi connectivity index (χ4v) is 2.74. The van der Waals surface area contributed by atoms with E-state index >= 15 is 0 Å². The zero-order valence-electron chi connectivity index (χ0n) is 8.78. The third-order valence-electron chi connectivity index (χ3n) is 2.35. The van der Waals surface area contributed by atoms with Gasteiger partial charge in [0.25, 0.3) is 0 Å². The largest absolute Gasteiger partial charge is 0.326 e. The van der Waals surface area contributed by atoms with Crippen molar-refractivity contribution in [2.45, 2.75) is 18.2 Å². The Kier molecular flexibility index (Phi) is 2.69. The van der Waals surface area contributed by atoms with Crippen LogP contribution in [0.4, 0.5) is 5.69 Å². The molecule has 1 amide bonds. The fraction of sp³-hybridized carbons (Fsp3) is 0.300. The van der Waals surface area contributed by atoms with Crippen molar-refractivity contribution in [1.29, 1.82) is 0 Å². The van der Waals surface area contributed by atoms with Crippen molar-refractivity contribution in [3.8, 4) is 0 Å². The van der Waals surface area contributed by atoms with Crippen LogP contribution in [0.2, 0.25) is 0 Å². The van der Waals surface area contributed by atoms with Gasteiger partial charge < -0.3 is 5.32 Å². The highest BCUT2D eigenvalue weighted by Gasteiger charge is 2.21. The van der Waals surface area contributed by atoms with Crippen molar-refractivity contribution >= 4 is 21.6 Å². The van der Waals surface area contributed by atoms with Gasteiger partial charge in [-0.05, 0) is 23.8 Å². The normalized spacial score (nSPS) is 14.7. The molecule has 0 aromatic heterocycles. The number of fused-ring (bicyclic) bond motifs is 1. The average Bonchev–Trinajstić information content (AvgIpc) is 2.56. The number of carbonyl (C=O) groups excluding carboxylic acids is 1. The van der Waals surface area contributed by atoms with E-state index in [1.165, 1.54) is 12.1 Å². The van der Waals surface area contributed by atoms with Gasteiger partial charge in [0, 0.05) is 12.2 Å². The van der Waals surface area contributed by atoms with Crippen LogP contribution in [-0.2, 0) is 21.2 Å². The van der Waals surface area contributed by atoms with Crippen molar-refractivity contribution in [2.75, 3.05) is 11.9 Å². The first kappa shape index (κ1) is 11.1. The minimum absolute atomic E-state index is 0.104. The van der Waals surface area contributed by atoms with E-state index < -0.39 is 10.0 Å². The number of amides is 1.